The standard InChI is InChI=1S/C22H23N5S/c23-13-20(9-6-16-4-2-1-3-5-16)25-21-15-28-22(27-26-21)18-7-8-19-14-24-11-10-17(19)12-18/h1-5,7-8,10-12,14,20H,6,9,13,15,23H2,(H,25,26). The van der Waals surface area contributed by atoms with Gasteiger partial charge < -0.3 is 5.73 Å². The van der Waals surface area contributed by atoms with Crippen molar-refractivity contribution in [2.45, 2.75) is 18.9 Å². The molecule has 1 aliphatic heterocycles. The van der Waals surface area contributed by atoms with Crippen LogP contribution in [0.2, 0.25) is 0 Å². The summed E-state index contributed by atoms with van der Waals surface area (Å²) in [5.74, 6) is 1.66. The Balaban J connectivity index is 1.41. The van der Waals surface area contributed by atoms with Crippen molar-refractivity contribution in [3.8, 4) is 0 Å². The van der Waals surface area contributed by atoms with Gasteiger partial charge in [0.1, 0.15) is 10.9 Å². The number of aromatic nitrogens is 1. The summed E-state index contributed by atoms with van der Waals surface area (Å²) in [6, 6.07) is 18.9. The Bertz CT molecular complexity index is 1000. The number of hydrogen-bond donors (Lipinski definition) is 2. The highest BCUT2D eigenvalue weighted by Gasteiger charge is 2.15. The molecule has 0 fully saturated rings. The van der Waals surface area contributed by atoms with E-state index in [9.17, 15) is 0 Å². The van der Waals surface area contributed by atoms with Gasteiger partial charge in [0, 0.05) is 29.9 Å². The number of hydrogen-bond acceptors (Lipinski definition) is 5. The number of pyridine rings is 1. The molecule has 0 aliphatic carbocycles. The normalized spacial score (nSPS) is 16.6. The number of rotatable bonds is 6. The zero-order chi connectivity index (χ0) is 19.2. The average molecular weight is 390 g/mol. The molecule has 1 aliphatic rings. The van der Waals surface area contributed by atoms with Crippen LogP contribution in [-0.4, -0.2) is 34.2 Å². The molecule has 0 saturated heterocycles. The maximum atomic E-state index is 5.94. The molecule has 2 heterocycles. The largest absolute Gasteiger partial charge is 0.328 e. The molecule has 0 amide bonds. The predicted molar refractivity (Wildman–Crippen MR) is 119 cm³/mol. The van der Waals surface area contributed by atoms with Crippen molar-refractivity contribution in [2.75, 3.05) is 12.3 Å². The number of hydrazone groups is 1. The van der Waals surface area contributed by atoms with Gasteiger partial charge in [0.05, 0.1) is 11.8 Å². The van der Waals surface area contributed by atoms with Crippen molar-refractivity contribution in [3.05, 3.63) is 78.1 Å². The Morgan fingerprint density at radius 3 is 2.79 bits per heavy atom. The molecule has 0 radical (unpaired) electrons. The monoisotopic (exact) mass is 389 g/mol. The Labute approximate surface area is 169 Å². The van der Waals surface area contributed by atoms with Crippen LogP contribution in [0.15, 0.2) is 77.1 Å². The number of thioether (sulfide) groups is 1. The SMILES string of the molecule is NCC(CCc1ccccc1)N=C1CSC(c2ccc3cnccc3c2)=NN1. The molecule has 1 atom stereocenters. The van der Waals surface area contributed by atoms with E-state index < -0.39 is 0 Å². The number of aryl methyl sites for hydroxylation is 1. The molecule has 3 N–H and O–H groups in total. The van der Waals surface area contributed by atoms with Crippen molar-refractivity contribution in [2.24, 2.45) is 15.8 Å². The number of aliphatic imine (C=N–C) groups is 1. The first-order valence-corrected chi connectivity index (χ1v) is 10.4. The van der Waals surface area contributed by atoms with Crippen LogP contribution in [0.5, 0.6) is 0 Å². The number of nitrogens with one attached hydrogen (secondary N) is 1. The molecule has 1 aromatic heterocycles. The zero-order valence-electron chi connectivity index (χ0n) is 15.6. The molecule has 142 valence electrons. The fourth-order valence-electron chi connectivity index (χ4n) is 3.18. The van der Waals surface area contributed by atoms with Crippen LogP contribution in [0.4, 0.5) is 0 Å². The second kappa shape index (κ2) is 8.99. The number of benzene rings is 2. The van der Waals surface area contributed by atoms with E-state index in [0.717, 1.165) is 40.4 Å². The van der Waals surface area contributed by atoms with Crippen molar-refractivity contribution < 1.29 is 0 Å². The highest BCUT2D eigenvalue weighted by atomic mass is 32.2. The van der Waals surface area contributed by atoms with Gasteiger partial charge in [-0.3, -0.25) is 15.4 Å². The maximum absolute atomic E-state index is 5.94. The molecule has 0 spiro atoms. The number of nitrogens with two attached hydrogens (primary N) is 1. The van der Waals surface area contributed by atoms with E-state index in [1.807, 2.05) is 24.5 Å². The fraction of sp³-hybridized carbons (Fsp3) is 0.227. The molecule has 0 bridgehead atoms. The second-order valence-corrected chi connectivity index (χ2v) is 7.71. The summed E-state index contributed by atoms with van der Waals surface area (Å²) in [7, 11) is 0. The van der Waals surface area contributed by atoms with Crippen molar-refractivity contribution in [1.82, 2.24) is 10.4 Å². The average Bonchev–Trinajstić information content (AvgIpc) is 2.77. The lowest BCUT2D eigenvalue weighted by Gasteiger charge is -2.18. The van der Waals surface area contributed by atoms with E-state index in [2.05, 4.69) is 58.0 Å². The van der Waals surface area contributed by atoms with E-state index in [1.165, 1.54) is 10.9 Å². The van der Waals surface area contributed by atoms with Crippen LogP contribution >= 0.6 is 11.8 Å². The van der Waals surface area contributed by atoms with Gasteiger partial charge in [0.15, 0.2) is 0 Å². The van der Waals surface area contributed by atoms with Crippen molar-refractivity contribution in [1.29, 1.82) is 0 Å². The lowest BCUT2D eigenvalue weighted by Crippen LogP contribution is -2.31. The summed E-state index contributed by atoms with van der Waals surface area (Å²) in [5, 5.41) is 7.81. The van der Waals surface area contributed by atoms with Gasteiger partial charge in [-0.05, 0) is 35.9 Å². The molecule has 0 saturated carbocycles. The Morgan fingerprint density at radius 1 is 1.11 bits per heavy atom. The molecule has 5 nitrogen and oxygen atoms in total. The maximum Gasteiger partial charge on any atom is 0.127 e. The topological polar surface area (TPSA) is 75.7 Å². The van der Waals surface area contributed by atoms with Crippen molar-refractivity contribution in [3.63, 3.8) is 0 Å². The predicted octanol–water partition coefficient (Wildman–Crippen LogP) is 3.59. The summed E-state index contributed by atoms with van der Waals surface area (Å²) in [5.41, 5.74) is 11.5. The van der Waals surface area contributed by atoms with E-state index >= 15 is 0 Å². The van der Waals surface area contributed by atoms with Crippen LogP contribution in [0.3, 0.4) is 0 Å². The molecule has 3 aromatic rings. The summed E-state index contributed by atoms with van der Waals surface area (Å²) >= 11 is 1.70. The van der Waals surface area contributed by atoms with Crippen LogP contribution < -0.4 is 11.2 Å². The summed E-state index contributed by atoms with van der Waals surface area (Å²) in [4.78, 5) is 8.95. The van der Waals surface area contributed by atoms with Crippen LogP contribution in [0.1, 0.15) is 17.5 Å². The van der Waals surface area contributed by atoms with Gasteiger partial charge in [-0.25, -0.2) is 0 Å². The minimum absolute atomic E-state index is 0.105. The van der Waals surface area contributed by atoms with Crippen LogP contribution in [0.25, 0.3) is 10.8 Å². The summed E-state index contributed by atoms with van der Waals surface area (Å²) in [6.45, 7) is 0.540. The molecule has 1 unspecified atom stereocenters. The van der Waals surface area contributed by atoms with E-state index in [4.69, 9.17) is 10.7 Å². The molecule has 4 rings (SSSR count). The van der Waals surface area contributed by atoms with E-state index in [1.54, 1.807) is 11.8 Å². The Morgan fingerprint density at radius 2 is 2.00 bits per heavy atom. The molecule has 28 heavy (non-hydrogen) atoms. The third kappa shape index (κ3) is 4.58. The first-order chi connectivity index (χ1) is 13.8. The zero-order valence-corrected chi connectivity index (χ0v) is 16.4. The van der Waals surface area contributed by atoms with Gasteiger partial charge in [-0.15, -0.1) is 0 Å². The summed E-state index contributed by atoms with van der Waals surface area (Å²) < 4.78 is 0. The Kier molecular flexibility index (Phi) is 5.99. The minimum Gasteiger partial charge on any atom is -0.328 e. The van der Waals surface area contributed by atoms with Gasteiger partial charge in [-0.2, -0.15) is 5.10 Å². The smallest absolute Gasteiger partial charge is 0.127 e. The van der Waals surface area contributed by atoms with Crippen LogP contribution in [0, 0.1) is 0 Å². The molecular formula is C22H23N5S. The fourth-order valence-corrected chi connectivity index (χ4v) is 4.00. The third-order valence-corrected chi connectivity index (χ3v) is 5.76. The third-order valence-electron chi connectivity index (χ3n) is 4.74. The van der Waals surface area contributed by atoms with Crippen LogP contribution in [-0.2, 0) is 6.42 Å². The second-order valence-electron chi connectivity index (χ2n) is 6.74. The highest BCUT2D eigenvalue weighted by molar-refractivity contribution is 8.15. The molecule has 2 aromatic carbocycles. The van der Waals surface area contributed by atoms with Gasteiger partial charge >= 0.3 is 0 Å². The summed E-state index contributed by atoms with van der Waals surface area (Å²) in [6.07, 6.45) is 5.60. The quantitative estimate of drug-likeness (QED) is 0.675. The van der Waals surface area contributed by atoms with Gasteiger partial charge in [-0.1, -0.05) is 54.2 Å². The lowest BCUT2D eigenvalue weighted by atomic mass is 10.1. The first kappa shape index (κ1) is 18.7. The van der Waals surface area contributed by atoms with Crippen molar-refractivity contribution >= 4 is 33.4 Å². The Hall–Kier alpha value is -2.70. The number of amidine groups is 1. The van der Waals surface area contributed by atoms with Gasteiger partial charge in [0.2, 0.25) is 0 Å². The first-order valence-electron chi connectivity index (χ1n) is 9.43. The minimum atomic E-state index is 0.105. The lowest BCUT2D eigenvalue weighted by molar-refractivity contribution is 0.621. The van der Waals surface area contributed by atoms with E-state index in [0.29, 0.717) is 6.54 Å². The van der Waals surface area contributed by atoms with Gasteiger partial charge in [0.25, 0.3) is 0 Å². The number of nitrogens with zero attached hydrogens (tertiary/aromatic N) is 3. The van der Waals surface area contributed by atoms with E-state index in [-0.39, 0.29) is 6.04 Å². The molecular weight excluding hydrogens is 366 g/mol. The number of fused-ring (bicyclic) bond motifs is 1. The highest BCUT2D eigenvalue weighted by Crippen LogP contribution is 2.21. The molecule has 6 heteroatoms.